The van der Waals surface area contributed by atoms with Gasteiger partial charge in [-0.25, -0.2) is 4.68 Å². The van der Waals surface area contributed by atoms with E-state index in [0.717, 1.165) is 31.4 Å². The Kier molecular flexibility index (Phi) is 4.01. The van der Waals surface area contributed by atoms with Crippen molar-refractivity contribution < 1.29 is 5.11 Å². The first-order valence-electron chi connectivity index (χ1n) is 6.50. The smallest absolute Gasteiger partial charge is 0.268 e. The van der Waals surface area contributed by atoms with Crippen LogP contribution in [0.15, 0.2) is 17.1 Å². The van der Waals surface area contributed by atoms with E-state index in [0.29, 0.717) is 12.5 Å². The molecular formula is C13H21N3O2. The van der Waals surface area contributed by atoms with Crippen LogP contribution < -0.4 is 10.5 Å². The van der Waals surface area contributed by atoms with Gasteiger partial charge in [0.15, 0.2) is 0 Å². The fourth-order valence-corrected chi connectivity index (χ4v) is 2.48. The molecule has 2 unspecified atom stereocenters. The first-order valence-corrected chi connectivity index (χ1v) is 6.50. The number of anilines is 1. The van der Waals surface area contributed by atoms with Crippen molar-refractivity contribution in [3.8, 4) is 0 Å². The summed E-state index contributed by atoms with van der Waals surface area (Å²) in [6, 6.07) is 1.60. The molecule has 1 aliphatic rings. The number of hydrogen-bond acceptors (Lipinski definition) is 4. The second kappa shape index (κ2) is 5.52. The number of aryl methyl sites for hydroxylation is 1. The maximum absolute atomic E-state index is 11.8. The molecule has 1 N–H and O–H groups in total. The molecule has 0 aliphatic heterocycles. The molecule has 0 aromatic carbocycles. The van der Waals surface area contributed by atoms with Gasteiger partial charge in [-0.2, -0.15) is 5.10 Å². The lowest BCUT2D eigenvalue weighted by Crippen LogP contribution is -2.26. The molecule has 1 saturated carbocycles. The average molecular weight is 251 g/mol. The van der Waals surface area contributed by atoms with Crippen LogP contribution in [0.5, 0.6) is 0 Å². The van der Waals surface area contributed by atoms with Gasteiger partial charge in [-0.1, -0.05) is 6.42 Å². The molecule has 0 spiro atoms. The largest absolute Gasteiger partial charge is 0.393 e. The summed E-state index contributed by atoms with van der Waals surface area (Å²) >= 11 is 0. The van der Waals surface area contributed by atoms with E-state index in [9.17, 15) is 9.90 Å². The Morgan fingerprint density at radius 2 is 2.28 bits per heavy atom. The van der Waals surface area contributed by atoms with Gasteiger partial charge in [-0.15, -0.1) is 0 Å². The normalized spacial score (nSPS) is 23.3. The van der Waals surface area contributed by atoms with E-state index in [1.807, 2.05) is 19.0 Å². The van der Waals surface area contributed by atoms with Crippen LogP contribution in [-0.4, -0.2) is 35.1 Å². The molecule has 0 amide bonds. The third-order valence-electron chi connectivity index (χ3n) is 3.70. The van der Waals surface area contributed by atoms with Crippen LogP contribution in [0.3, 0.4) is 0 Å². The van der Waals surface area contributed by atoms with Gasteiger partial charge in [0.1, 0.15) is 0 Å². The summed E-state index contributed by atoms with van der Waals surface area (Å²) < 4.78 is 1.48. The zero-order valence-corrected chi connectivity index (χ0v) is 11.0. The van der Waals surface area contributed by atoms with Crippen LogP contribution in [0.1, 0.15) is 25.7 Å². The van der Waals surface area contributed by atoms with Gasteiger partial charge in [0.2, 0.25) is 0 Å². The van der Waals surface area contributed by atoms with E-state index in [4.69, 9.17) is 0 Å². The molecule has 1 aromatic rings. The Morgan fingerprint density at radius 1 is 1.50 bits per heavy atom. The first-order chi connectivity index (χ1) is 8.58. The van der Waals surface area contributed by atoms with E-state index >= 15 is 0 Å². The van der Waals surface area contributed by atoms with Crippen molar-refractivity contribution in [1.82, 2.24) is 9.78 Å². The molecule has 1 heterocycles. The molecule has 1 aromatic heterocycles. The Balaban J connectivity index is 1.99. The van der Waals surface area contributed by atoms with E-state index in [2.05, 4.69) is 5.10 Å². The zero-order chi connectivity index (χ0) is 13.1. The van der Waals surface area contributed by atoms with Crippen molar-refractivity contribution in [2.75, 3.05) is 19.0 Å². The molecule has 2 rings (SSSR count). The highest BCUT2D eigenvalue weighted by molar-refractivity contribution is 5.40. The summed E-state index contributed by atoms with van der Waals surface area (Å²) in [6.07, 6.45) is 5.38. The summed E-state index contributed by atoms with van der Waals surface area (Å²) in [6.45, 7) is 0.592. The predicted octanol–water partition coefficient (Wildman–Crippen LogP) is 0.860. The molecule has 0 saturated heterocycles. The number of nitrogens with zero attached hydrogens (tertiary/aromatic N) is 3. The molecule has 18 heavy (non-hydrogen) atoms. The minimum absolute atomic E-state index is 0.0753. The average Bonchev–Trinajstić information content (AvgIpc) is 2.73. The fraction of sp³-hybridized carbons (Fsp3) is 0.692. The standard InChI is InChI=1S/C13H21N3O2/c1-15(2)11-8-13(18)16(14-9-11)7-6-10-4-3-5-12(10)17/h8-10,12,17H,3-7H2,1-2H3. The van der Waals surface area contributed by atoms with E-state index < -0.39 is 0 Å². The van der Waals surface area contributed by atoms with Gasteiger partial charge >= 0.3 is 0 Å². The molecule has 5 heteroatoms. The summed E-state index contributed by atoms with van der Waals surface area (Å²) in [7, 11) is 3.77. The number of aromatic nitrogens is 2. The monoisotopic (exact) mass is 251 g/mol. The topological polar surface area (TPSA) is 58.4 Å². The summed E-state index contributed by atoms with van der Waals surface area (Å²) in [4.78, 5) is 13.7. The Hall–Kier alpha value is -1.36. The molecule has 1 fully saturated rings. The van der Waals surface area contributed by atoms with Gasteiger partial charge in [-0.05, 0) is 25.2 Å². The third-order valence-corrected chi connectivity index (χ3v) is 3.70. The fourth-order valence-electron chi connectivity index (χ4n) is 2.48. The first kappa shape index (κ1) is 13.1. The number of aliphatic hydroxyl groups is 1. The summed E-state index contributed by atoms with van der Waals surface area (Å²) in [5, 5.41) is 13.9. The van der Waals surface area contributed by atoms with E-state index in [-0.39, 0.29) is 11.7 Å². The quantitative estimate of drug-likeness (QED) is 0.862. The van der Waals surface area contributed by atoms with Crippen molar-refractivity contribution in [3.63, 3.8) is 0 Å². The minimum atomic E-state index is -0.193. The molecule has 0 bridgehead atoms. The van der Waals surface area contributed by atoms with Crippen LogP contribution in [0, 0.1) is 5.92 Å². The van der Waals surface area contributed by atoms with Crippen molar-refractivity contribution in [1.29, 1.82) is 0 Å². The highest BCUT2D eigenvalue weighted by Crippen LogP contribution is 2.28. The Bertz CT molecular complexity index is 456. The van der Waals surface area contributed by atoms with Gasteiger partial charge in [-0.3, -0.25) is 4.79 Å². The van der Waals surface area contributed by atoms with Gasteiger partial charge in [0.25, 0.3) is 5.56 Å². The second-order valence-corrected chi connectivity index (χ2v) is 5.22. The van der Waals surface area contributed by atoms with Crippen LogP contribution >= 0.6 is 0 Å². The summed E-state index contributed by atoms with van der Waals surface area (Å²) in [5.41, 5.74) is 0.742. The number of hydrogen-bond donors (Lipinski definition) is 1. The molecule has 100 valence electrons. The van der Waals surface area contributed by atoms with E-state index in [1.165, 1.54) is 4.68 Å². The second-order valence-electron chi connectivity index (χ2n) is 5.22. The van der Waals surface area contributed by atoms with Crippen LogP contribution in [-0.2, 0) is 6.54 Å². The predicted molar refractivity (Wildman–Crippen MR) is 70.8 cm³/mol. The van der Waals surface area contributed by atoms with Gasteiger partial charge in [0.05, 0.1) is 18.0 Å². The van der Waals surface area contributed by atoms with Crippen LogP contribution in [0.4, 0.5) is 5.69 Å². The lowest BCUT2D eigenvalue weighted by Gasteiger charge is -2.15. The van der Waals surface area contributed by atoms with Gasteiger partial charge in [0, 0.05) is 26.7 Å². The van der Waals surface area contributed by atoms with Gasteiger partial charge < -0.3 is 10.0 Å². The SMILES string of the molecule is CN(C)c1cnn(CCC2CCCC2O)c(=O)c1. The van der Waals surface area contributed by atoms with Crippen molar-refractivity contribution in [2.24, 2.45) is 5.92 Å². The van der Waals surface area contributed by atoms with Crippen LogP contribution in [0.2, 0.25) is 0 Å². The highest BCUT2D eigenvalue weighted by Gasteiger charge is 2.24. The minimum Gasteiger partial charge on any atom is -0.393 e. The molecule has 5 nitrogen and oxygen atoms in total. The molecule has 2 atom stereocenters. The van der Waals surface area contributed by atoms with Crippen molar-refractivity contribution >= 4 is 5.69 Å². The highest BCUT2D eigenvalue weighted by atomic mass is 16.3. The summed E-state index contributed by atoms with van der Waals surface area (Å²) in [5.74, 6) is 0.326. The zero-order valence-electron chi connectivity index (χ0n) is 11.0. The lowest BCUT2D eigenvalue weighted by atomic mass is 10.0. The van der Waals surface area contributed by atoms with Crippen LogP contribution in [0.25, 0.3) is 0 Å². The van der Waals surface area contributed by atoms with Crippen molar-refractivity contribution in [3.05, 3.63) is 22.6 Å². The van der Waals surface area contributed by atoms with E-state index in [1.54, 1.807) is 12.3 Å². The third kappa shape index (κ3) is 2.90. The lowest BCUT2D eigenvalue weighted by molar-refractivity contribution is 0.124. The molecule has 0 radical (unpaired) electrons. The van der Waals surface area contributed by atoms with Crippen molar-refractivity contribution in [2.45, 2.75) is 38.3 Å². The number of aliphatic hydroxyl groups excluding tert-OH is 1. The molecule has 1 aliphatic carbocycles. The Morgan fingerprint density at radius 3 is 2.83 bits per heavy atom. The number of rotatable bonds is 4. The maximum atomic E-state index is 11.8. The Labute approximate surface area is 107 Å². The maximum Gasteiger partial charge on any atom is 0.268 e. The molecular weight excluding hydrogens is 230 g/mol.